The van der Waals surface area contributed by atoms with Gasteiger partial charge in [0.15, 0.2) is 0 Å². The van der Waals surface area contributed by atoms with Gasteiger partial charge in [-0.25, -0.2) is 0 Å². The van der Waals surface area contributed by atoms with Crippen molar-refractivity contribution in [3.8, 4) is 0 Å². The van der Waals surface area contributed by atoms with Crippen molar-refractivity contribution in [1.29, 1.82) is 0 Å². The average molecular weight is 178 g/mol. The van der Waals surface area contributed by atoms with Gasteiger partial charge in [0.25, 0.3) is 5.91 Å². The predicted molar refractivity (Wildman–Crippen MR) is 53.8 cm³/mol. The van der Waals surface area contributed by atoms with E-state index in [4.69, 9.17) is 5.73 Å². The molecular weight excluding hydrogens is 164 g/mol. The van der Waals surface area contributed by atoms with E-state index < -0.39 is 5.91 Å². The molecule has 0 spiro atoms. The average Bonchev–Trinajstić information content (AvgIpc) is 2.05. The van der Waals surface area contributed by atoms with Crippen LogP contribution in [-0.2, 0) is 4.79 Å². The van der Waals surface area contributed by atoms with Crippen molar-refractivity contribution in [1.82, 2.24) is 4.90 Å². The number of amides is 1. The summed E-state index contributed by atoms with van der Waals surface area (Å²) in [6.07, 6.45) is 3.34. The highest BCUT2D eigenvalue weighted by molar-refractivity contribution is 5.91. The number of carbonyl (C=O) groups excluding carboxylic acids is 1. The summed E-state index contributed by atoms with van der Waals surface area (Å²) in [5, 5.41) is 0. The predicted octanol–water partition coefficient (Wildman–Crippen LogP) is 0.815. The molecule has 0 saturated carbocycles. The normalized spacial score (nSPS) is 8.31. The molecule has 0 heterocycles. The van der Waals surface area contributed by atoms with Crippen molar-refractivity contribution in [3.05, 3.63) is 43.3 Å². The number of hydrogen-bond donors (Lipinski definition) is 1. The van der Waals surface area contributed by atoms with Crippen LogP contribution >= 0.6 is 0 Å². The van der Waals surface area contributed by atoms with Crippen LogP contribution in [0.1, 0.15) is 0 Å². The summed E-state index contributed by atoms with van der Waals surface area (Å²) in [6.45, 7) is 11.6. The standard InChI is InChI=1S/C10H14N2O/c1-4-7-12(8-5-2)9(6-3)10(11)13/h4-5H,1-3,7-8H2,(H2,11,13). The minimum atomic E-state index is -0.543. The molecule has 0 aromatic carbocycles. The van der Waals surface area contributed by atoms with E-state index in [1.54, 1.807) is 17.1 Å². The lowest BCUT2D eigenvalue weighted by atomic mass is 10.3. The zero-order valence-electron chi connectivity index (χ0n) is 7.62. The number of hydrogen-bond acceptors (Lipinski definition) is 2. The monoisotopic (exact) mass is 178 g/mol. The molecule has 0 unspecified atom stereocenters. The van der Waals surface area contributed by atoms with E-state index in [2.05, 4.69) is 25.5 Å². The lowest BCUT2D eigenvalue weighted by molar-refractivity contribution is -0.115. The Hall–Kier alpha value is -1.73. The Labute approximate surface area is 78.5 Å². The molecule has 0 aromatic heterocycles. The molecule has 0 aliphatic heterocycles. The molecule has 2 N–H and O–H groups in total. The number of rotatable bonds is 6. The fraction of sp³-hybridized carbons (Fsp3) is 0.200. The molecule has 3 heteroatoms. The third-order valence-corrected chi connectivity index (χ3v) is 1.42. The van der Waals surface area contributed by atoms with Crippen LogP contribution in [0.4, 0.5) is 0 Å². The minimum Gasteiger partial charge on any atom is -0.364 e. The lowest BCUT2D eigenvalue weighted by Crippen LogP contribution is -2.31. The van der Waals surface area contributed by atoms with E-state index in [1.807, 2.05) is 0 Å². The SMILES string of the molecule is C=C=C(C(N)=O)N(CC=C)CC=C. The Morgan fingerprint density at radius 3 is 2.08 bits per heavy atom. The van der Waals surface area contributed by atoms with Crippen molar-refractivity contribution in [3.63, 3.8) is 0 Å². The third-order valence-electron chi connectivity index (χ3n) is 1.42. The zero-order valence-corrected chi connectivity index (χ0v) is 7.62. The van der Waals surface area contributed by atoms with Crippen LogP contribution in [0, 0.1) is 0 Å². The van der Waals surface area contributed by atoms with Gasteiger partial charge >= 0.3 is 0 Å². The summed E-state index contributed by atoms with van der Waals surface area (Å²) >= 11 is 0. The fourth-order valence-corrected chi connectivity index (χ4v) is 0.924. The molecule has 0 atom stereocenters. The summed E-state index contributed by atoms with van der Waals surface area (Å²) in [6, 6.07) is 0. The van der Waals surface area contributed by atoms with E-state index in [-0.39, 0.29) is 5.70 Å². The first-order chi connectivity index (χ1) is 6.17. The largest absolute Gasteiger partial charge is 0.364 e. The Balaban J connectivity index is 4.68. The molecule has 0 radical (unpaired) electrons. The van der Waals surface area contributed by atoms with Gasteiger partial charge in [-0.15, -0.1) is 13.2 Å². The molecule has 0 fully saturated rings. The highest BCUT2D eigenvalue weighted by Gasteiger charge is 2.10. The van der Waals surface area contributed by atoms with E-state index >= 15 is 0 Å². The Kier molecular flexibility index (Phi) is 5.08. The molecule has 0 aliphatic rings. The maximum atomic E-state index is 10.9. The molecule has 0 aliphatic carbocycles. The highest BCUT2D eigenvalue weighted by Crippen LogP contribution is 2.01. The van der Waals surface area contributed by atoms with Crippen LogP contribution in [0.25, 0.3) is 0 Å². The molecule has 3 nitrogen and oxygen atoms in total. The zero-order chi connectivity index (χ0) is 10.3. The summed E-state index contributed by atoms with van der Waals surface area (Å²) < 4.78 is 0. The van der Waals surface area contributed by atoms with Crippen molar-refractivity contribution < 1.29 is 4.79 Å². The highest BCUT2D eigenvalue weighted by atomic mass is 16.1. The topological polar surface area (TPSA) is 46.3 Å². The first kappa shape index (κ1) is 11.3. The van der Waals surface area contributed by atoms with Crippen molar-refractivity contribution in [2.75, 3.05) is 13.1 Å². The van der Waals surface area contributed by atoms with Crippen molar-refractivity contribution in [2.24, 2.45) is 5.73 Å². The molecule has 70 valence electrons. The van der Waals surface area contributed by atoms with Crippen LogP contribution in [-0.4, -0.2) is 23.9 Å². The summed E-state index contributed by atoms with van der Waals surface area (Å²) in [7, 11) is 0. The quantitative estimate of drug-likeness (QED) is 0.372. The second kappa shape index (κ2) is 5.86. The first-order valence-electron chi connectivity index (χ1n) is 3.84. The van der Waals surface area contributed by atoms with Gasteiger partial charge in [-0.3, -0.25) is 4.79 Å². The van der Waals surface area contributed by atoms with Gasteiger partial charge in [-0.1, -0.05) is 24.5 Å². The van der Waals surface area contributed by atoms with Crippen LogP contribution in [0.3, 0.4) is 0 Å². The van der Waals surface area contributed by atoms with Gasteiger partial charge in [0.2, 0.25) is 0 Å². The van der Waals surface area contributed by atoms with Gasteiger partial charge in [-0.05, 0) is 0 Å². The van der Waals surface area contributed by atoms with Gasteiger partial charge in [-0.2, -0.15) is 0 Å². The van der Waals surface area contributed by atoms with Crippen LogP contribution in [0.5, 0.6) is 0 Å². The van der Waals surface area contributed by atoms with Crippen LogP contribution in [0.2, 0.25) is 0 Å². The summed E-state index contributed by atoms with van der Waals surface area (Å²) in [4.78, 5) is 12.6. The van der Waals surface area contributed by atoms with Gasteiger partial charge in [0.1, 0.15) is 5.70 Å². The number of nitrogens with zero attached hydrogens (tertiary/aromatic N) is 1. The van der Waals surface area contributed by atoms with Crippen LogP contribution in [0.15, 0.2) is 43.3 Å². The maximum Gasteiger partial charge on any atom is 0.273 e. The molecule has 13 heavy (non-hydrogen) atoms. The Morgan fingerprint density at radius 2 is 1.85 bits per heavy atom. The summed E-state index contributed by atoms with van der Waals surface area (Å²) in [5.74, 6) is -0.543. The fourth-order valence-electron chi connectivity index (χ4n) is 0.924. The third kappa shape index (κ3) is 3.45. The molecule has 0 bridgehead atoms. The van der Waals surface area contributed by atoms with Gasteiger partial charge in [0, 0.05) is 13.1 Å². The molecule has 0 rings (SSSR count). The lowest BCUT2D eigenvalue weighted by Gasteiger charge is -2.20. The van der Waals surface area contributed by atoms with E-state index in [9.17, 15) is 4.79 Å². The van der Waals surface area contributed by atoms with E-state index in [1.165, 1.54) is 0 Å². The number of carbonyl (C=O) groups is 1. The van der Waals surface area contributed by atoms with Gasteiger partial charge < -0.3 is 10.6 Å². The Bertz CT molecular complexity index is 252. The second-order valence-corrected chi connectivity index (χ2v) is 2.37. The second-order valence-electron chi connectivity index (χ2n) is 2.37. The molecule has 0 saturated heterocycles. The number of nitrogens with two attached hydrogens (primary N) is 1. The van der Waals surface area contributed by atoms with Crippen molar-refractivity contribution in [2.45, 2.75) is 0 Å². The Morgan fingerprint density at radius 1 is 1.38 bits per heavy atom. The van der Waals surface area contributed by atoms with Crippen LogP contribution < -0.4 is 5.73 Å². The first-order valence-corrected chi connectivity index (χ1v) is 3.84. The minimum absolute atomic E-state index is 0.264. The van der Waals surface area contributed by atoms with Gasteiger partial charge in [0.05, 0.1) is 0 Å². The maximum absolute atomic E-state index is 10.9. The molecule has 1 amide bonds. The molecular formula is C10H14N2O. The van der Waals surface area contributed by atoms with E-state index in [0.29, 0.717) is 13.1 Å². The summed E-state index contributed by atoms with van der Waals surface area (Å²) in [5.41, 5.74) is 7.88. The van der Waals surface area contributed by atoms with E-state index in [0.717, 1.165) is 0 Å². The smallest absolute Gasteiger partial charge is 0.273 e. The number of primary amides is 1. The van der Waals surface area contributed by atoms with Crippen molar-refractivity contribution >= 4 is 5.91 Å². The molecule has 0 aromatic rings.